The van der Waals surface area contributed by atoms with E-state index in [4.69, 9.17) is 10.5 Å². The van der Waals surface area contributed by atoms with E-state index in [2.05, 4.69) is 4.98 Å². The van der Waals surface area contributed by atoms with E-state index in [1.807, 2.05) is 0 Å². The fourth-order valence-electron chi connectivity index (χ4n) is 1.64. The van der Waals surface area contributed by atoms with Gasteiger partial charge in [-0.25, -0.2) is 0 Å². The number of fused-ring (bicyclic) bond motifs is 1. The predicted molar refractivity (Wildman–Crippen MR) is 70.7 cm³/mol. The van der Waals surface area contributed by atoms with Gasteiger partial charge < -0.3 is 20.6 Å². The van der Waals surface area contributed by atoms with Gasteiger partial charge in [-0.15, -0.1) is 0 Å². The number of hydrogen-bond acceptors (Lipinski definition) is 6. The summed E-state index contributed by atoms with van der Waals surface area (Å²) in [7, 11) is 0. The third-order valence-electron chi connectivity index (χ3n) is 2.47. The SMILES string of the molecule is Nc1ccc(Oc2nc3sccn3c2[N+](=O)[O-])cc1. The molecule has 19 heavy (non-hydrogen) atoms. The number of rotatable bonds is 3. The summed E-state index contributed by atoms with van der Waals surface area (Å²) in [5, 5.41) is 12.8. The highest BCUT2D eigenvalue weighted by Crippen LogP contribution is 2.33. The summed E-state index contributed by atoms with van der Waals surface area (Å²) < 4.78 is 6.83. The van der Waals surface area contributed by atoms with Crippen molar-refractivity contribution in [2.24, 2.45) is 0 Å². The van der Waals surface area contributed by atoms with Gasteiger partial charge in [0.05, 0.1) is 0 Å². The number of ether oxygens (including phenoxy) is 1. The Balaban J connectivity index is 2.04. The van der Waals surface area contributed by atoms with Crippen molar-refractivity contribution >= 4 is 27.8 Å². The molecule has 0 saturated carbocycles. The molecule has 0 radical (unpaired) electrons. The van der Waals surface area contributed by atoms with Gasteiger partial charge in [-0.1, -0.05) is 11.3 Å². The van der Waals surface area contributed by atoms with Crippen LogP contribution in [0, 0.1) is 10.1 Å². The van der Waals surface area contributed by atoms with Gasteiger partial charge in [0, 0.05) is 11.1 Å². The van der Waals surface area contributed by atoms with Crippen molar-refractivity contribution in [2.75, 3.05) is 5.73 Å². The topological polar surface area (TPSA) is 95.7 Å². The molecule has 2 heterocycles. The maximum atomic E-state index is 11.1. The molecule has 0 atom stereocenters. The Bertz CT molecular complexity index is 747. The van der Waals surface area contributed by atoms with Crippen molar-refractivity contribution < 1.29 is 9.66 Å². The van der Waals surface area contributed by atoms with E-state index < -0.39 is 4.92 Å². The molecule has 0 aliphatic rings. The summed E-state index contributed by atoms with van der Waals surface area (Å²) in [5.41, 5.74) is 6.15. The van der Waals surface area contributed by atoms with Crippen LogP contribution < -0.4 is 10.5 Å². The number of nitrogen functional groups attached to an aromatic ring is 1. The first-order valence-electron chi connectivity index (χ1n) is 5.28. The van der Waals surface area contributed by atoms with Crippen molar-refractivity contribution in [3.8, 4) is 11.6 Å². The van der Waals surface area contributed by atoms with E-state index in [9.17, 15) is 10.1 Å². The lowest BCUT2D eigenvalue weighted by molar-refractivity contribution is -0.391. The van der Waals surface area contributed by atoms with Gasteiger partial charge in [0.15, 0.2) is 0 Å². The second kappa shape index (κ2) is 4.25. The number of nitro groups is 1. The zero-order valence-electron chi connectivity index (χ0n) is 9.52. The maximum absolute atomic E-state index is 11.1. The summed E-state index contributed by atoms with van der Waals surface area (Å²) in [4.78, 5) is 15.2. The third kappa shape index (κ3) is 1.97. The lowest BCUT2D eigenvalue weighted by Gasteiger charge is -2.02. The monoisotopic (exact) mass is 276 g/mol. The molecule has 0 spiro atoms. The third-order valence-corrected chi connectivity index (χ3v) is 3.23. The van der Waals surface area contributed by atoms with Gasteiger partial charge in [-0.3, -0.25) is 0 Å². The molecule has 0 unspecified atom stereocenters. The van der Waals surface area contributed by atoms with Gasteiger partial charge in [0.2, 0.25) is 0 Å². The Labute approximate surface area is 111 Å². The summed E-state index contributed by atoms with van der Waals surface area (Å²) in [6.45, 7) is 0. The Kier molecular flexibility index (Phi) is 2.57. The molecule has 0 fully saturated rings. The van der Waals surface area contributed by atoms with Gasteiger partial charge in [0.1, 0.15) is 11.9 Å². The Morgan fingerprint density at radius 1 is 1.37 bits per heavy atom. The number of anilines is 1. The quantitative estimate of drug-likeness (QED) is 0.450. The summed E-state index contributed by atoms with van der Waals surface area (Å²) in [5.74, 6) is 0.234. The largest absolute Gasteiger partial charge is 0.433 e. The smallest absolute Gasteiger partial charge is 0.393 e. The minimum Gasteiger partial charge on any atom is -0.433 e. The molecule has 0 aliphatic heterocycles. The molecule has 7 nitrogen and oxygen atoms in total. The van der Waals surface area contributed by atoms with Crippen molar-refractivity contribution in [1.82, 2.24) is 9.38 Å². The van der Waals surface area contributed by atoms with Crippen molar-refractivity contribution in [2.45, 2.75) is 0 Å². The number of aromatic nitrogens is 2. The maximum Gasteiger partial charge on any atom is 0.393 e. The molecule has 96 valence electrons. The van der Waals surface area contributed by atoms with Crippen LogP contribution in [0.25, 0.3) is 4.96 Å². The fraction of sp³-hybridized carbons (Fsp3) is 0. The van der Waals surface area contributed by atoms with Crippen LogP contribution in [0.3, 0.4) is 0 Å². The van der Waals surface area contributed by atoms with Gasteiger partial charge in [0.25, 0.3) is 4.96 Å². The zero-order valence-corrected chi connectivity index (χ0v) is 10.3. The summed E-state index contributed by atoms with van der Waals surface area (Å²) in [6.07, 6.45) is 1.58. The minimum absolute atomic E-state index is 0.0263. The predicted octanol–water partition coefficient (Wildman–Crippen LogP) is 2.68. The van der Waals surface area contributed by atoms with E-state index in [1.54, 1.807) is 35.8 Å². The Morgan fingerprint density at radius 3 is 2.79 bits per heavy atom. The second-order valence-electron chi connectivity index (χ2n) is 3.72. The fourth-order valence-corrected chi connectivity index (χ4v) is 2.34. The highest BCUT2D eigenvalue weighted by molar-refractivity contribution is 7.15. The first-order valence-corrected chi connectivity index (χ1v) is 6.16. The number of nitrogens with zero attached hydrogens (tertiary/aromatic N) is 3. The Morgan fingerprint density at radius 2 is 2.11 bits per heavy atom. The molecule has 1 aromatic carbocycles. The molecular weight excluding hydrogens is 268 g/mol. The minimum atomic E-state index is -0.515. The average molecular weight is 276 g/mol. The van der Waals surface area contributed by atoms with Crippen molar-refractivity contribution in [1.29, 1.82) is 0 Å². The van der Waals surface area contributed by atoms with Crippen LogP contribution >= 0.6 is 11.3 Å². The van der Waals surface area contributed by atoms with Crippen molar-refractivity contribution in [3.63, 3.8) is 0 Å². The number of imidazole rings is 1. The number of hydrogen-bond donors (Lipinski definition) is 1. The molecule has 8 heteroatoms. The van der Waals surface area contributed by atoms with Crippen molar-refractivity contribution in [3.05, 3.63) is 46.0 Å². The van der Waals surface area contributed by atoms with E-state index >= 15 is 0 Å². The average Bonchev–Trinajstić information content (AvgIpc) is 2.91. The van der Waals surface area contributed by atoms with E-state index in [0.717, 1.165) is 0 Å². The van der Waals surface area contributed by atoms with Crippen LogP contribution in [0.2, 0.25) is 0 Å². The molecular formula is C11H8N4O3S. The first-order chi connectivity index (χ1) is 9.15. The zero-order chi connectivity index (χ0) is 13.4. The van der Waals surface area contributed by atoms with Crippen LogP contribution in [0.15, 0.2) is 35.8 Å². The molecule has 0 amide bonds. The highest BCUT2D eigenvalue weighted by atomic mass is 32.1. The molecule has 2 aromatic heterocycles. The lowest BCUT2D eigenvalue weighted by atomic mass is 10.3. The molecule has 2 N–H and O–H groups in total. The molecule has 0 saturated heterocycles. The van der Waals surface area contributed by atoms with E-state index in [0.29, 0.717) is 16.4 Å². The van der Waals surface area contributed by atoms with Crippen LogP contribution in [0.4, 0.5) is 11.5 Å². The second-order valence-corrected chi connectivity index (χ2v) is 4.60. The van der Waals surface area contributed by atoms with Crippen LogP contribution in [-0.2, 0) is 0 Å². The van der Waals surface area contributed by atoms with E-state index in [1.165, 1.54) is 15.7 Å². The number of nitrogens with two attached hydrogens (primary N) is 1. The molecule has 3 rings (SSSR count). The van der Waals surface area contributed by atoms with Crippen LogP contribution in [-0.4, -0.2) is 14.3 Å². The standard InChI is InChI=1S/C11H8N4O3S/c12-7-1-3-8(4-2-7)18-9-10(15(16)17)14-5-6-19-11(14)13-9/h1-6H,12H2. The van der Waals surface area contributed by atoms with Gasteiger partial charge >= 0.3 is 11.7 Å². The van der Waals surface area contributed by atoms with Gasteiger partial charge in [-0.05, 0) is 29.2 Å². The van der Waals surface area contributed by atoms with Gasteiger partial charge in [-0.2, -0.15) is 9.38 Å². The Hall–Kier alpha value is -2.61. The summed E-state index contributed by atoms with van der Waals surface area (Å²) in [6, 6.07) is 6.57. The number of thiazole rings is 1. The molecule has 0 bridgehead atoms. The van der Waals surface area contributed by atoms with Crippen LogP contribution in [0.5, 0.6) is 11.6 Å². The highest BCUT2D eigenvalue weighted by Gasteiger charge is 2.25. The van der Waals surface area contributed by atoms with Crippen LogP contribution in [0.1, 0.15) is 0 Å². The first kappa shape index (κ1) is 11.5. The normalized spacial score (nSPS) is 10.7. The number of benzene rings is 1. The molecule has 0 aliphatic carbocycles. The lowest BCUT2D eigenvalue weighted by Crippen LogP contribution is -1.95. The molecule has 3 aromatic rings. The summed E-state index contributed by atoms with van der Waals surface area (Å²) >= 11 is 1.30. The van der Waals surface area contributed by atoms with E-state index in [-0.39, 0.29) is 11.7 Å².